The van der Waals surface area contributed by atoms with E-state index in [9.17, 15) is 13.2 Å². The molecule has 0 saturated heterocycles. The van der Waals surface area contributed by atoms with Gasteiger partial charge in [0, 0.05) is 6.04 Å². The van der Waals surface area contributed by atoms with Crippen LogP contribution in [0.5, 0.6) is 5.75 Å². The van der Waals surface area contributed by atoms with Crippen LogP contribution >= 0.6 is 0 Å². The van der Waals surface area contributed by atoms with Crippen LogP contribution in [0.4, 0.5) is 0 Å². The number of carbonyl (C=O) groups is 1. The summed E-state index contributed by atoms with van der Waals surface area (Å²) in [6, 6.07) is 3.92. The van der Waals surface area contributed by atoms with Gasteiger partial charge in [-0.05, 0) is 37.1 Å². The van der Waals surface area contributed by atoms with E-state index in [1.165, 1.54) is 25.3 Å². The van der Waals surface area contributed by atoms with Crippen molar-refractivity contribution in [2.24, 2.45) is 0 Å². The van der Waals surface area contributed by atoms with Gasteiger partial charge in [-0.25, -0.2) is 13.1 Å². The molecule has 0 fully saturated rings. The highest BCUT2D eigenvalue weighted by molar-refractivity contribution is 7.89. The Morgan fingerprint density at radius 3 is 2.71 bits per heavy atom. The lowest BCUT2D eigenvalue weighted by Gasteiger charge is -2.15. The minimum atomic E-state index is -3.80. The van der Waals surface area contributed by atoms with Gasteiger partial charge in [0.25, 0.3) is 0 Å². The first-order valence-corrected chi connectivity index (χ1v) is 7.80. The number of hydrogen-bond donors (Lipinski definition) is 2. The average Bonchev–Trinajstić information content (AvgIpc) is 2.37. The number of carboxylic acid groups (broad SMARTS) is 1. The van der Waals surface area contributed by atoms with Crippen molar-refractivity contribution in [1.29, 1.82) is 0 Å². The summed E-state index contributed by atoms with van der Waals surface area (Å²) < 4.78 is 32.2. The number of rotatable bonds is 8. The predicted molar refractivity (Wildman–Crippen MR) is 78.9 cm³/mol. The minimum absolute atomic E-state index is 0.0541. The highest BCUT2D eigenvalue weighted by atomic mass is 32.2. The van der Waals surface area contributed by atoms with Gasteiger partial charge >= 0.3 is 5.97 Å². The lowest BCUT2D eigenvalue weighted by atomic mass is 10.1. The largest absolute Gasteiger partial charge is 0.497 e. The van der Waals surface area contributed by atoms with Crippen LogP contribution in [0.2, 0.25) is 0 Å². The van der Waals surface area contributed by atoms with Crippen molar-refractivity contribution in [2.75, 3.05) is 7.11 Å². The Hall–Kier alpha value is -1.86. The van der Waals surface area contributed by atoms with Crippen molar-refractivity contribution in [1.82, 2.24) is 4.72 Å². The molecule has 1 aromatic rings. The van der Waals surface area contributed by atoms with E-state index in [1.54, 1.807) is 13.0 Å². The monoisotopic (exact) mass is 313 g/mol. The van der Waals surface area contributed by atoms with Gasteiger partial charge in [-0.3, -0.25) is 4.79 Å². The number of aliphatic carboxylic acids is 1. The van der Waals surface area contributed by atoms with E-state index in [2.05, 4.69) is 11.3 Å². The molecule has 0 aliphatic heterocycles. The second-order valence-electron chi connectivity index (χ2n) is 4.59. The second-order valence-corrected chi connectivity index (χ2v) is 6.27. The van der Waals surface area contributed by atoms with Gasteiger partial charge in [-0.1, -0.05) is 6.08 Å². The summed E-state index contributed by atoms with van der Waals surface area (Å²) in [5.41, 5.74) is 0.181. The molecule has 1 rings (SSSR count). The van der Waals surface area contributed by atoms with Crippen molar-refractivity contribution in [3.63, 3.8) is 0 Å². The zero-order valence-electron chi connectivity index (χ0n) is 12.0. The van der Waals surface area contributed by atoms with Crippen molar-refractivity contribution in [3.8, 4) is 5.75 Å². The normalized spacial score (nSPS) is 12.7. The molecule has 0 aromatic heterocycles. The molecule has 0 radical (unpaired) electrons. The molecule has 21 heavy (non-hydrogen) atoms. The van der Waals surface area contributed by atoms with Crippen LogP contribution in [-0.2, 0) is 21.2 Å². The van der Waals surface area contributed by atoms with Gasteiger partial charge in [0.2, 0.25) is 10.0 Å². The van der Waals surface area contributed by atoms with E-state index < -0.39 is 22.4 Å². The molecule has 0 aliphatic carbocycles. The molecule has 1 aromatic carbocycles. The van der Waals surface area contributed by atoms with Crippen LogP contribution < -0.4 is 9.46 Å². The van der Waals surface area contributed by atoms with Crippen LogP contribution in [0.3, 0.4) is 0 Å². The molecule has 0 amide bonds. The summed E-state index contributed by atoms with van der Waals surface area (Å²) in [6.07, 6.45) is 1.69. The fraction of sp³-hybridized carbons (Fsp3) is 0.357. The van der Waals surface area contributed by atoms with Crippen molar-refractivity contribution in [3.05, 3.63) is 36.4 Å². The van der Waals surface area contributed by atoms with E-state index in [0.29, 0.717) is 12.2 Å². The Labute approximate surface area is 124 Å². The molecule has 0 bridgehead atoms. The highest BCUT2D eigenvalue weighted by Gasteiger charge is 2.22. The van der Waals surface area contributed by atoms with E-state index in [0.717, 1.165) is 0 Å². The summed E-state index contributed by atoms with van der Waals surface area (Å²) in [7, 11) is -2.37. The SMILES string of the molecule is C=CCC(C)NS(=O)(=O)c1ccc(OC)cc1CC(=O)O. The third-order valence-corrected chi connectivity index (χ3v) is 4.47. The molecule has 2 N–H and O–H groups in total. The summed E-state index contributed by atoms with van der Waals surface area (Å²) in [5.74, 6) is -0.705. The predicted octanol–water partition coefficient (Wildman–Crippen LogP) is 1.57. The van der Waals surface area contributed by atoms with E-state index in [4.69, 9.17) is 9.84 Å². The summed E-state index contributed by atoms with van der Waals surface area (Å²) in [6.45, 7) is 5.26. The minimum Gasteiger partial charge on any atom is -0.497 e. The molecule has 0 spiro atoms. The Bertz CT molecular complexity index is 624. The Morgan fingerprint density at radius 2 is 2.19 bits per heavy atom. The van der Waals surface area contributed by atoms with Crippen LogP contribution in [0.15, 0.2) is 35.7 Å². The molecule has 1 atom stereocenters. The Balaban J connectivity index is 3.20. The fourth-order valence-corrected chi connectivity index (χ4v) is 3.35. The second kappa shape index (κ2) is 7.24. The molecule has 0 saturated carbocycles. The van der Waals surface area contributed by atoms with Crippen LogP contribution in [0, 0.1) is 0 Å². The van der Waals surface area contributed by atoms with Gasteiger partial charge in [0.05, 0.1) is 18.4 Å². The number of sulfonamides is 1. The van der Waals surface area contributed by atoms with Gasteiger partial charge in [0.15, 0.2) is 0 Å². The molecular weight excluding hydrogens is 294 g/mol. The smallest absolute Gasteiger partial charge is 0.307 e. The van der Waals surface area contributed by atoms with Crippen molar-refractivity contribution < 1.29 is 23.1 Å². The molecule has 0 heterocycles. The maximum atomic E-state index is 12.3. The first-order chi connectivity index (χ1) is 9.80. The average molecular weight is 313 g/mol. The number of benzene rings is 1. The lowest BCUT2D eigenvalue weighted by molar-refractivity contribution is -0.136. The van der Waals surface area contributed by atoms with E-state index in [-0.39, 0.29) is 16.5 Å². The lowest BCUT2D eigenvalue weighted by Crippen LogP contribution is -2.33. The molecule has 0 aliphatic rings. The van der Waals surface area contributed by atoms with Gasteiger partial charge in [-0.15, -0.1) is 6.58 Å². The maximum Gasteiger partial charge on any atom is 0.307 e. The molecule has 6 nitrogen and oxygen atoms in total. The summed E-state index contributed by atoms with van der Waals surface area (Å²) in [4.78, 5) is 10.8. The zero-order valence-corrected chi connectivity index (χ0v) is 12.8. The number of ether oxygens (including phenoxy) is 1. The molecular formula is C14H19NO5S. The van der Waals surface area contributed by atoms with Gasteiger partial charge < -0.3 is 9.84 Å². The van der Waals surface area contributed by atoms with Crippen molar-refractivity contribution in [2.45, 2.75) is 30.7 Å². The number of carboxylic acids is 1. The summed E-state index contributed by atoms with van der Waals surface area (Å²) in [5, 5.41) is 8.92. The standard InChI is InChI=1S/C14H19NO5S/c1-4-5-10(2)15-21(18,19)13-7-6-12(20-3)8-11(13)9-14(16)17/h4,6-8,10,15H,1,5,9H2,2-3H3,(H,16,17). The van der Waals surface area contributed by atoms with Crippen LogP contribution in [0.25, 0.3) is 0 Å². The Kier molecular flexibility index (Phi) is 5.92. The fourth-order valence-electron chi connectivity index (χ4n) is 1.87. The van der Waals surface area contributed by atoms with Gasteiger partial charge in [-0.2, -0.15) is 0 Å². The third kappa shape index (κ3) is 4.87. The first kappa shape index (κ1) is 17.2. The van der Waals surface area contributed by atoms with Gasteiger partial charge in [0.1, 0.15) is 5.75 Å². The first-order valence-electron chi connectivity index (χ1n) is 6.32. The number of methoxy groups -OCH3 is 1. The molecule has 116 valence electrons. The number of nitrogens with one attached hydrogen (secondary N) is 1. The Morgan fingerprint density at radius 1 is 1.52 bits per heavy atom. The number of hydrogen-bond acceptors (Lipinski definition) is 4. The summed E-state index contributed by atoms with van der Waals surface area (Å²) >= 11 is 0. The van der Waals surface area contributed by atoms with E-state index in [1.807, 2.05) is 0 Å². The maximum absolute atomic E-state index is 12.3. The highest BCUT2D eigenvalue weighted by Crippen LogP contribution is 2.22. The topological polar surface area (TPSA) is 92.7 Å². The van der Waals surface area contributed by atoms with Crippen LogP contribution in [-0.4, -0.2) is 32.6 Å². The van der Waals surface area contributed by atoms with E-state index >= 15 is 0 Å². The molecule has 1 unspecified atom stereocenters. The van der Waals surface area contributed by atoms with Crippen molar-refractivity contribution >= 4 is 16.0 Å². The third-order valence-electron chi connectivity index (χ3n) is 2.78. The zero-order chi connectivity index (χ0) is 16.0. The van der Waals surface area contributed by atoms with Crippen LogP contribution in [0.1, 0.15) is 18.9 Å². The molecule has 7 heteroatoms. The quantitative estimate of drug-likeness (QED) is 0.711.